The minimum atomic E-state index is -0.590. The van der Waals surface area contributed by atoms with Gasteiger partial charge in [0.15, 0.2) is 0 Å². The Labute approximate surface area is 82.1 Å². The van der Waals surface area contributed by atoms with Crippen molar-refractivity contribution in [2.45, 2.75) is 12.5 Å². The first-order valence-corrected chi connectivity index (χ1v) is 4.68. The summed E-state index contributed by atoms with van der Waals surface area (Å²) in [6, 6.07) is 9.54. The molecule has 0 fully saturated rings. The lowest BCUT2D eigenvalue weighted by Crippen LogP contribution is -2.05. The van der Waals surface area contributed by atoms with Gasteiger partial charge in [0.1, 0.15) is 17.4 Å². The largest absolute Gasteiger partial charge is 0.458 e. The number of aliphatic hydroxyl groups excluding tert-OH is 1. The van der Waals surface area contributed by atoms with Gasteiger partial charge in [-0.15, -0.1) is 0 Å². The van der Waals surface area contributed by atoms with E-state index in [4.69, 9.17) is 10.2 Å². The lowest BCUT2D eigenvalue weighted by atomic mass is 10.2. The first-order valence-electron chi connectivity index (χ1n) is 4.68. The Bertz CT molecular complexity index is 389. The Balaban J connectivity index is 2.35. The van der Waals surface area contributed by atoms with Gasteiger partial charge in [-0.25, -0.2) is 0 Å². The number of hydrogen-bond donors (Lipinski definition) is 2. The Morgan fingerprint density at radius 1 is 1.36 bits per heavy atom. The van der Waals surface area contributed by atoms with E-state index in [9.17, 15) is 5.11 Å². The molecule has 0 amide bonds. The third-order valence-corrected chi connectivity index (χ3v) is 2.21. The van der Waals surface area contributed by atoms with Gasteiger partial charge in [0, 0.05) is 5.39 Å². The van der Waals surface area contributed by atoms with Crippen molar-refractivity contribution in [3.8, 4) is 0 Å². The summed E-state index contributed by atoms with van der Waals surface area (Å²) in [5.74, 6) is 0.594. The maximum Gasteiger partial charge on any atom is 0.134 e. The number of aliphatic hydroxyl groups is 1. The Morgan fingerprint density at radius 3 is 2.86 bits per heavy atom. The molecule has 0 saturated heterocycles. The smallest absolute Gasteiger partial charge is 0.134 e. The summed E-state index contributed by atoms with van der Waals surface area (Å²) in [5, 5.41) is 10.7. The molecule has 3 N–H and O–H groups in total. The molecule has 0 aliphatic rings. The van der Waals surface area contributed by atoms with E-state index in [1.165, 1.54) is 0 Å². The van der Waals surface area contributed by atoms with E-state index in [-0.39, 0.29) is 0 Å². The van der Waals surface area contributed by atoms with Crippen LogP contribution in [0.2, 0.25) is 0 Å². The van der Waals surface area contributed by atoms with Gasteiger partial charge < -0.3 is 15.3 Å². The fraction of sp³-hybridized carbons (Fsp3) is 0.273. The van der Waals surface area contributed by atoms with Gasteiger partial charge in [-0.2, -0.15) is 0 Å². The summed E-state index contributed by atoms with van der Waals surface area (Å²) >= 11 is 0. The lowest BCUT2D eigenvalue weighted by Gasteiger charge is -2.03. The molecule has 0 saturated carbocycles. The molecule has 1 aromatic heterocycles. The topological polar surface area (TPSA) is 59.4 Å². The number of rotatable bonds is 3. The van der Waals surface area contributed by atoms with Crippen LogP contribution >= 0.6 is 0 Å². The van der Waals surface area contributed by atoms with Crippen LogP contribution in [0.5, 0.6) is 0 Å². The molecule has 0 aliphatic heterocycles. The fourth-order valence-electron chi connectivity index (χ4n) is 1.47. The molecular formula is C11H13NO2. The van der Waals surface area contributed by atoms with Gasteiger partial charge in [-0.1, -0.05) is 18.2 Å². The maximum absolute atomic E-state index is 9.65. The molecule has 1 atom stereocenters. The first-order chi connectivity index (χ1) is 6.81. The first kappa shape index (κ1) is 9.24. The number of nitrogens with two attached hydrogens (primary N) is 1. The summed E-state index contributed by atoms with van der Waals surface area (Å²) in [4.78, 5) is 0. The average molecular weight is 191 g/mol. The second kappa shape index (κ2) is 3.82. The highest BCUT2D eigenvalue weighted by atomic mass is 16.4. The van der Waals surface area contributed by atoms with E-state index in [1.54, 1.807) is 0 Å². The van der Waals surface area contributed by atoms with Gasteiger partial charge in [-0.3, -0.25) is 0 Å². The van der Waals surface area contributed by atoms with Crippen LogP contribution < -0.4 is 5.73 Å². The second-order valence-corrected chi connectivity index (χ2v) is 3.28. The highest BCUT2D eigenvalue weighted by Gasteiger charge is 2.11. The van der Waals surface area contributed by atoms with Crippen LogP contribution in [0.4, 0.5) is 0 Å². The van der Waals surface area contributed by atoms with Crippen LogP contribution in [0.25, 0.3) is 11.0 Å². The number of hydrogen-bond acceptors (Lipinski definition) is 3. The van der Waals surface area contributed by atoms with Gasteiger partial charge in [0.05, 0.1) is 0 Å². The van der Waals surface area contributed by atoms with Crippen LogP contribution in [0.3, 0.4) is 0 Å². The van der Waals surface area contributed by atoms with Crippen molar-refractivity contribution in [3.05, 3.63) is 36.1 Å². The van der Waals surface area contributed by atoms with E-state index in [0.29, 0.717) is 18.7 Å². The van der Waals surface area contributed by atoms with Crippen molar-refractivity contribution >= 4 is 11.0 Å². The van der Waals surface area contributed by atoms with Crippen molar-refractivity contribution in [2.24, 2.45) is 5.73 Å². The molecule has 74 valence electrons. The van der Waals surface area contributed by atoms with Crippen LogP contribution in [0, 0.1) is 0 Å². The van der Waals surface area contributed by atoms with Gasteiger partial charge >= 0.3 is 0 Å². The normalized spacial score (nSPS) is 13.3. The summed E-state index contributed by atoms with van der Waals surface area (Å²) in [7, 11) is 0. The van der Waals surface area contributed by atoms with E-state index in [1.807, 2.05) is 30.3 Å². The molecule has 2 aromatic rings. The molecule has 0 bridgehead atoms. The SMILES string of the molecule is NCCC(O)c1cc2ccccc2o1. The van der Waals surface area contributed by atoms with E-state index in [0.717, 1.165) is 11.0 Å². The van der Waals surface area contributed by atoms with Crippen molar-refractivity contribution in [1.29, 1.82) is 0 Å². The summed E-state index contributed by atoms with van der Waals surface area (Å²) in [5.41, 5.74) is 6.16. The Morgan fingerprint density at radius 2 is 2.14 bits per heavy atom. The van der Waals surface area contributed by atoms with Gasteiger partial charge in [0.25, 0.3) is 0 Å². The van der Waals surface area contributed by atoms with E-state index in [2.05, 4.69) is 0 Å². The maximum atomic E-state index is 9.65. The Kier molecular flexibility index (Phi) is 2.52. The van der Waals surface area contributed by atoms with Crippen molar-refractivity contribution in [1.82, 2.24) is 0 Å². The molecule has 3 heteroatoms. The standard InChI is InChI=1S/C11H13NO2/c12-6-5-9(13)11-7-8-3-1-2-4-10(8)14-11/h1-4,7,9,13H,5-6,12H2. The molecular weight excluding hydrogens is 178 g/mol. The zero-order valence-corrected chi connectivity index (χ0v) is 7.81. The number of fused-ring (bicyclic) bond motifs is 1. The minimum absolute atomic E-state index is 0.457. The van der Waals surface area contributed by atoms with E-state index < -0.39 is 6.10 Å². The predicted octanol–water partition coefficient (Wildman–Crippen LogP) is 1.82. The zero-order valence-electron chi connectivity index (χ0n) is 7.81. The zero-order chi connectivity index (χ0) is 9.97. The molecule has 0 spiro atoms. The number of furan rings is 1. The molecule has 1 unspecified atom stereocenters. The predicted molar refractivity (Wildman–Crippen MR) is 54.8 cm³/mol. The summed E-state index contributed by atoms with van der Waals surface area (Å²) < 4.78 is 5.48. The van der Waals surface area contributed by atoms with Crippen molar-refractivity contribution in [2.75, 3.05) is 6.54 Å². The van der Waals surface area contributed by atoms with Crippen molar-refractivity contribution < 1.29 is 9.52 Å². The summed E-state index contributed by atoms with van der Waals surface area (Å²) in [6.45, 7) is 0.457. The molecule has 1 aromatic carbocycles. The van der Waals surface area contributed by atoms with Crippen LogP contribution in [0.15, 0.2) is 34.7 Å². The molecule has 3 nitrogen and oxygen atoms in total. The van der Waals surface area contributed by atoms with E-state index >= 15 is 0 Å². The molecule has 0 radical (unpaired) electrons. The fourth-order valence-corrected chi connectivity index (χ4v) is 1.47. The number of benzene rings is 1. The monoisotopic (exact) mass is 191 g/mol. The molecule has 0 aliphatic carbocycles. The Hall–Kier alpha value is -1.32. The highest BCUT2D eigenvalue weighted by Crippen LogP contribution is 2.24. The van der Waals surface area contributed by atoms with Crippen molar-refractivity contribution in [3.63, 3.8) is 0 Å². The quantitative estimate of drug-likeness (QED) is 0.777. The molecule has 14 heavy (non-hydrogen) atoms. The van der Waals surface area contributed by atoms with Crippen LogP contribution in [-0.2, 0) is 0 Å². The molecule has 1 heterocycles. The van der Waals surface area contributed by atoms with Crippen LogP contribution in [0.1, 0.15) is 18.3 Å². The third-order valence-electron chi connectivity index (χ3n) is 2.21. The van der Waals surface area contributed by atoms with Crippen LogP contribution in [-0.4, -0.2) is 11.7 Å². The van der Waals surface area contributed by atoms with Gasteiger partial charge in [0.2, 0.25) is 0 Å². The third kappa shape index (κ3) is 1.64. The minimum Gasteiger partial charge on any atom is -0.458 e. The second-order valence-electron chi connectivity index (χ2n) is 3.28. The average Bonchev–Trinajstić information content (AvgIpc) is 2.61. The van der Waals surface area contributed by atoms with Gasteiger partial charge in [-0.05, 0) is 25.1 Å². The molecule has 2 rings (SSSR count). The lowest BCUT2D eigenvalue weighted by molar-refractivity contribution is 0.145. The number of para-hydroxylation sites is 1. The highest BCUT2D eigenvalue weighted by molar-refractivity contribution is 5.77. The summed E-state index contributed by atoms with van der Waals surface area (Å²) in [6.07, 6.45) is -0.0628.